The lowest BCUT2D eigenvalue weighted by molar-refractivity contribution is 0.0572. The molecule has 2 unspecified atom stereocenters. The molecule has 1 aromatic carbocycles. The zero-order valence-corrected chi connectivity index (χ0v) is 10.7. The number of rotatable bonds is 1. The number of aliphatic hydroxyl groups is 2. The van der Waals surface area contributed by atoms with Gasteiger partial charge in [0.25, 0.3) is 0 Å². The molecule has 0 radical (unpaired) electrons. The number of carbonyl (C=O) groups excluding carboxylic acids is 1. The number of amides is 2. The van der Waals surface area contributed by atoms with Crippen LogP contribution in [0.15, 0.2) is 18.2 Å². The maximum absolute atomic E-state index is 11.9. The summed E-state index contributed by atoms with van der Waals surface area (Å²) in [5.74, 6) is 0. The van der Waals surface area contributed by atoms with Gasteiger partial charge in [0.05, 0.1) is 25.3 Å². The van der Waals surface area contributed by atoms with Gasteiger partial charge in [0.1, 0.15) is 0 Å². The summed E-state index contributed by atoms with van der Waals surface area (Å²) < 4.78 is 0. The highest BCUT2D eigenvalue weighted by molar-refractivity contribution is 6.31. The van der Waals surface area contributed by atoms with Gasteiger partial charge < -0.3 is 20.4 Å². The molecule has 0 bridgehead atoms. The minimum Gasteiger partial charge on any atom is -0.388 e. The van der Waals surface area contributed by atoms with E-state index in [1.165, 1.54) is 4.90 Å². The molecule has 0 aliphatic carbocycles. The molecule has 1 aromatic rings. The molecular weight excluding hydrogens is 256 g/mol. The highest BCUT2D eigenvalue weighted by Gasteiger charge is 2.32. The first-order chi connectivity index (χ1) is 8.47. The van der Waals surface area contributed by atoms with E-state index >= 15 is 0 Å². The summed E-state index contributed by atoms with van der Waals surface area (Å²) in [7, 11) is 0. The number of urea groups is 1. The molecule has 1 fully saturated rings. The number of likely N-dealkylation sites (tertiary alicyclic amines) is 1. The van der Waals surface area contributed by atoms with Gasteiger partial charge in [-0.25, -0.2) is 4.79 Å². The fourth-order valence-electron chi connectivity index (χ4n) is 1.81. The number of aliphatic hydroxyl groups excluding tert-OH is 2. The average molecular weight is 271 g/mol. The number of aryl methyl sites for hydroxylation is 1. The van der Waals surface area contributed by atoms with Gasteiger partial charge in [-0.1, -0.05) is 17.7 Å². The number of anilines is 1. The lowest BCUT2D eigenvalue weighted by Gasteiger charge is -2.16. The number of nitrogens with one attached hydrogen (secondary N) is 1. The van der Waals surface area contributed by atoms with Crippen LogP contribution in [0.2, 0.25) is 5.02 Å². The van der Waals surface area contributed by atoms with E-state index in [0.717, 1.165) is 5.56 Å². The minimum absolute atomic E-state index is 0.132. The van der Waals surface area contributed by atoms with Crippen molar-refractivity contribution in [3.05, 3.63) is 28.8 Å². The molecule has 1 aliphatic heterocycles. The molecule has 98 valence electrons. The molecule has 1 saturated heterocycles. The molecule has 2 rings (SSSR count). The molecule has 5 nitrogen and oxygen atoms in total. The Hall–Kier alpha value is -1.30. The van der Waals surface area contributed by atoms with Crippen LogP contribution in [0.1, 0.15) is 5.56 Å². The van der Waals surface area contributed by atoms with Crippen LogP contribution < -0.4 is 5.32 Å². The molecule has 2 atom stereocenters. The smallest absolute Gasteiger partial charge is 0.322 e. The summed E-state index contributed by atoms with van der Waals surface area (Å²) in [6, 6.07) is 4.87. The van der Waals surface area contributed by atoms with Crippen LogP contribution in [0.25, 0.3) is 0 Å². The molecule has 0 aromatic heterocycles. The van der Waals surface area contributed by atoms with Crippen LogP contribution in [0.5, 0.6) is 0 Å². The Morgan fingerprint density at radius 1 is 1.39 bits per heavy atom. The number of nitrogens with zero attached hydrogens (tertiary/aromatic N) is 1. The second kappa shape index (κ2) is 5.14. The second-order valence-electron chi connectivity index (χ2n) is 4.43. The SMILES string of the molecule is Cc1ccc(NC(=O)N2CC(O)C(O)C2)cc1Cl. The van der Waals surface area contributed by atoms with E-state index in [-0.39, 0.29) is 19.1 Å². The van der Waals surface area contributed by atoms with Gasteiger partial charge >= 0.3 is 6.03 Å². The first-order valence-corrected chi connectivity index (χ1v) is 6.03. The lowest BCUT2D eigenvalue weighted by Crippen LogP contribution is -2.33. The van der Waals surface area contributed by atoms with Crippen molar-refractivity contribution < 1.29 is 15.0 Å². The van der Waals surface area contributed by atoms with E-state index in [1.54, 1.807) is 12.1 Å². The standard InChI is InChI=1S/C12H15ClN2O3/c1-7-2-3-8(4-9(7)13)14-12(18)15-5-10(16)11(17)6-15/h2-4,10-11,16-17H,5-6H2,1H3,(H,14,18). The first-order valence-electron chi connectivity index (χ1n) is 5.65. The van der Waals surface area contributed by atoms with Crippen molar-refractivity contribution in [1.82, 2.24) is 4.90 Å². The van der Waals surface area contributed by atoms with Gasteiger partial charge in [-0.2, -0.15) is 0 Å². The van der Waals surface area contributed by atoms with E-state index in [9.17, 15) is 15.0 Å². The van der Waals surface area contributed by atoms with Crippen molar-refractivity contribution in [1.29, 1.82) is 0 Å². The maximum atomic E-state index is 11.9. The molecular formula is C12H15ClN2O3. The van der Waals surface area contributed by atoms with Gasteiger partial charge in [0.2, 0.25) is 0 Å². The summed E-state index contributed by atoms with van der Waals surface area (Å²) in [4.78, 5) is 13.2. The predicted molar refractivity (Wildman–Crippen MR) is 68.8 cm³/mol. The summed E-state index contributed by atoms with van der Waals surface area (Å²) in [5.41, 5.74) is 1.52. The Morgan fingerprint density at radius 3 is 2.56 bits per heavy atom. The number of hydrogen-bond donors (Lipinski definition) is 3. The molecule has 2 amide bonds. The maximum Gasteiger partial charge on any atom is 0.322 e. The van der Waals surface area contributed by atoms with E-state index in [0.29, 0.717) is 10.7 Å². The highest BCUT2D eigenvalue weighted by atomic mass is 35.5. The third-order valence-electron chi connectivity index (χ3n) is 2.97. The fourth-order valence-corrected chi connectivity index (χ4v) is 1.99. The zero-order valence-electron chi connectivity index (χ0n) is 9.93. The van der Waals surface area contributed by atoms with Crippen molar-refractivity contribution in [3.8, 4) is 0 Å². The van der Waals surface area contributed by atoms with Crippen LogP contribution >= 0.6 is 11.6 Å². The van der Waals surface area contributed by atoms with Gasteiger partial charge in [-0.3, -0.25) is 0 Å². The number of benzene rings is 1. The molecule has 1 aliphatic rings. The van der Waals surface area contributed by atoms with Gasteiger partial charge in [-0.15, -0.1) is 0 Å². The monoisotopic (exact) mass is 270 g/mol. The molecule has 6 heteroatoms. The highest BCUT2D eigenvalue weighted by Crippen LogP contribution is 2.20. The Morgan fingerprint density at radius 2 is 2.00 bits per heavy atom. The van der Waals surface area contributed by atoms with Gasteiger partial charge in [0, 0.05) is 10.7 Å². The van der Waals surface area contributed by atoms with E-state index in [1.807, 2.05) is 13.0 Å². The minimum atomic E-state index is -0.877. The molecule has 0 spiro atoms. The van der Waals surface area contributed by atoms with E-state index in [2.05, 4.69) is 5.32 Å². The van der Waals surface area contributed by atoms with E-state index in [4.69, 9.17) is 11.6 Å². The number of β-amino-alcohol motifs (C(OH)–C–C–N with tert-alkyl or cyclic N) is 2. The van der Waals surface area contributed by atoms with Crippen LogP contribution in [-0.2, 0) is 0 Å². The van der Waals surface area contributed by atoms with Crippen LogP contribution in [0.3, 0.4) is 0 Å². The van der Waals surface area contributed by atoms with Crippen LogP contribution in [0, 0.1) is 6.92 Å². The van der Waals surface area contributed by atoms with Crippen molar-refractivity contribution in [3.63, 3.8) is 0 Å². The topological polar surface area (TPSA) is 72.8 Å². The third kappa shape index (κ3) is 2.75. The van der Waals surface area contributed by atoms with Crippen molar-refractivity contribution in [2.45, 2.75) is 19.1 Å². The van der Waals surface area contributed by atoms with Crippen molar-refractivity contribution >= 4 is 23.3 Å². The Bertz CT molecular complexity index is 457. The Balaban J connectivity index is 2.01. The van der Waals surface area contributed by atoms with Crippen molar-refractivity contribution in [2.24, 2.45) is 0 Å². The zero-order chi connectivity index (χ0) is 13.3. The largest absolute Gasteiger partial charge is 0.388 e. The summed E-state index contributed by atoms with van der Waals surface area (Å²) in [6.07, 6.45) is -1.75. The summed E-state index contributed by atoms with van der Waals surface area (Å²) in [5, 5.41) is 22.0. The molecule has 18 heavy (non-hydrogen) atoms. The Labute approximate surface area is 110 Å². The number of hydrogen-bond acceptors (Lipinski definition) is 3. The third-order valence-corrected chi connectivity index (χ3v) is 3.38. The lowest BCUT2D eigenvalue weighted by atomic mass is 10.2. The number of halogens is 1. The van der Waals surface area contributed by atoms with Crippen molar-refractivity contribution in [2.75, 3.05) is 18.4 Å². The van der Waals surface area contributed by atoms with Gasteiger partial charge in [-0.05, 0) is 24.6 Å². The quantitative estimate of drug-likeness (QED) is 0.718. The Kier molecular flexibility index (Phi) is 3.75. The van der Waals surface area contributed by atoms with Gasteiger partial charge in [0.15, 0.2) is 0 Å². The second-order valence-corrected chi connectivity index (χ2v) is 4.84. The first kappa shape index (κ1) is 13.1. The average Bonchev–Trinajstić information content (AvgIpc) is 2.65. The van der Waals surface area contributed by atoms with Crippen LogP contribution in [0.4, 0.5) is 10.5 Å². The number of carbonyl (C=O) groups is 1. The fraction of sp³-hybridized carbons (Fsp3) is 0.417. The molecule has 0 saturated carbocycles. The predicted octanol–water partition coefficient (Wildman–Crippen LogP) is 1.22. The van der Waals surface area contributed by atoms with E-state index < -0.39 is 12.2 Å². The summed E-state index contributed by atoms with van der Waals surface area (Å²) >= 11 is 5.96. The summed E-state index contributed by atoms with van der Waals surface area (Å²) in [6.45, 7) is 2.14. The molecule has 1 heterocycles. The van der Waals surface area contributed by atoms with Crippen LogP contribution in [-0.4, -0.2) is 46.4 Å². The molecule has 3 N–H and O–H groups in total. The normalized spacial score (nSPS) is 23.2.